The molecule has 0 saturated heterocycles. The molecule has 2 rings (SSSR count). The minimum Gasteiger partial charge on any atom is -0.461 e. The van der Waals surface area contributed by atoms with Gasteiger partial charge in [0.15, 0.2) is 10.8 Å². The average Bonchev–Trinajstić information content (AvgIpc) is 2.76. The van der Waals surface area contributed by atoms with Gasteiger partial charge in [-0.15, -0.1) is 0 Å². The third kappa shape index (κ3) is 2.39. The summed E-state index contributed by atoms with van der Waals surface area (Å²) in [5, 5.41) is 0.417. The van der Waals surface area contributed by atoms with E-state index in [9.17, 15) is 4.79 Å². The third-order valence-corrected chi connectivity index (χ3v) is 2.76. The van der Waals surface area contributed by atoms with Crippen LogP contribution in [0.15, 0.2) is 18.6 Å². The van der Waals surface area contributed by atoms with E-state index in [-0.39, 0.29) is 5.69 Å². The van der Waals surface area contributed by atoms with Crippen molar-refractivity contribution in [1.82, 2.24) is 15.0 Å². The van der Waals surface area contributed by atoms with E-state index < -0.39 is 5.97 Å². The summed E-state index contributed by atoms with van der Waals surface area (Å²) < 4.78 is 4.91. The lowest BCUT2D eigenvalue weighted by molar-refractivity contribution is 0.0520. The predicted molar refractivity (Wildman–Crippen MR) is 63.5 cm³/mol. The second-order valence-corrected chi connectivity index (χ2v) is 4.10. The molecule has 2 N–H and O–H groups in total. The highest BCUT2D eigenvalue weighted by atomic mass is 32.1. The number of carbonyl (C=O) groups excluding carboxylic acids is 1. The van der Waals surface area contributed by atoms with Gasteiger partial charge in [-0.2, -0.15) is 0 Å². The highest BCUT2D eigenvalue weighted by Crippen LogP contribution is 2.27. The summed E-state index contributed by atoms with van der Waals surface area (Å²) in [6.45, 7) is 2.03. The fourth-order valence-electron chi connectivity index (χ4n) is 1.26. The molecule has 7 heteroatoms. The molecule has 2 heterocycles. The molecule has 0 spiro atoms. The molecule has 0 aliphatic rings. The van der Waals surface area contributed by atoms with E-state index in [1.807, 2.05) is 0 Å². The number of carbonyl (C=O) groups is 1. The van der Waals surface area contributed by atoms with Crippen LogP contribution in [0.25, 0.3) is 10.6 Å². The van der Waals surface area contributed by atoms with Gasteiger partial charge in [0.1, 0.15) is 5.69 Å². The van der Waals surface area contributed by atoms with Crippen molar-refractivity contribution in [2.45, 2.75) is 6.92 Å². The van der Waals surface area contributed by atoms with Gasteiger partial charge >= 0.3 is 5.97 Å². The SMILES string of the molecule is CCOC(=O)c1nccnc1-c1cnc(N)s1. The number of nitrogens with zero attached hydrogens (tertiary/aromatic N) is 3. The van der Waals surface area contributed by atoms with Crippen molar-refractivity contribution >= 4 is 22.4 Å². The number of anilines is 1. The van der Waals surface area contributed by atoms with Crippen molar-refractivity contribution < 1.29 is 9.53 Å². The minimum atomic E-state index is -0.498. The number of aromatic nitrogens is 3. The van der Waals surface area contributed by atoms with Gasteiger partial charge in [0.2, 0.25) is 0 Å². The van der Waals surface area contributed by atoms with Crippen LogP contribution in [0.1, 0.15) is 17.4 Å². The lowest BCUT2D eigenvalue weighted by Gasteiger charge is -2.04. The van der Waals surface area contributed by atoms with E-state index in [0.29, 0.717) is 22.3 Å². The molecule has 0 fully saturated rings. The molecular formula is C10H10N4O2S. The van der Waals surface area contributed by atoms with Crippen molar-refractivity contribution in [2.75, 3.05) is 12.3 Å². The van der Waals surface area contributed by atoms with Gasteiger partial charge in [-0.1, -0.05) is 11.3 Å². The van der Waals surface area contributed by atoms with Crippen LogP contribution in [-0.4, -0.2) is 27.5 Å². The Morgan fingerprint density at radius 2 is 2.18 bits per heavy atom. The first-order valence-corrected chi connectivity index (χ1v) is 5.73. The van der Waals surface area contributed by atoms with E-state index in [1.54, 1.807) is 13.1 Å². The Labute approximate surface area is 101 Å². The highest BCUT2D eigenvalue weighted by Gasteiger charge is 2.18. The van der Waals surface area contributed by atoms with Crippen molar-refractivity contribution in [3.8, 4) is 10.6 Å². The second kappa shape index (κ2) is 4.88. The number of hydrogen-bond acceptors (Lipinski definition) is 7. The van der Waals surface area contributed by atoms with Gasteiger partial charge in [-0.25, -0.2) is 14.8 Å². The Morgan fingerprint density at radius 1 is 1.41 bits per heavy atom. The second-order valence-electron chi connectivity index (χ2n) is 3.04. The molecule has 0 aliphatic carbocycles. The van der Waals surface area contributed by atoms with Crippen LogP contribution in [0, 0.1) is 0 Å². The largest absolute Gasteiger partial charge is 0.461 e. The van der Waals surface area contributed by atoms with Gasteiger partial charge in [-0.05, 0) is 6.92 Å². The summed E-state index contributed by atoms with van der Waals surface area (Å²) in [6.07, 6.45) is 4.51. The Hall–Kier alpha value is -2.02. The van der Waals surface area contributed by atoms with Crippen LogP contribution in [0.5, 0.6) is 0 Å². The molecule has 6 nitrogen and oxygen atoms in total. The first-order chi connectivity index (χ1) is 8.22. The fraction of sp³-hybridized carbons (Fsp3) is 0.200. The zero-order chi connectivity index (χ0) is 12.3. The molecule has 0 aliphatic heterocycles. The standard InChI is InChI=1S/C10H10N4O2S/c1-2-16-9(15)8-7(12-3-4-13-8)6-5-14-10(11)17-6/h3-5H,2H2,1H3,(H2,11,14). The Morgan fingerprint density at radius 3 is 2.82 bits per heavy atom. The van der Waals surface area contributed by atoms with E-state index >= 15 is 0 Å². The molecule has 0 unspecified atom stereocenters. The zero-order valence-corrected chi connectivity index (χ0v) is 9.90. The van der Waals surface area contributed by atoms with E-state index in [0.717, 1.165) is 0 Å². The maximum absolute atomic E-state index is 11.7. The van der Waals surface area contributed by atoms with E-state index in [2.05, 4.69) is 15.0 Å². The molecule has 0 saturated carbocycles. The minimum absolute atomic E-state index is 0.179. The van der Waals surface area contributed by atoms with Crippen LogP contribution >= 0.6 is 11.3 Å². The topological polar surface area (TPSA) is 91.0 Å². The van der Waals surface area contributed by atoms with Gasteiger partial charge < -0.3 is 10.5 Å². The molecule has 0 atom stereocenters. The molecule has 0 bridgehead atoms. The molecule has 0 aromatic carbocycles. The van der Waals surface area contributed by atoms with Crippen molar-refractivity contribution in [3.05, 3.63) is 24.3 Å². The maximum Gasteiger partial charge on any atom is 0.359 e. The molecule has 2 aromatic rings. The average molecular weight is 250 g/mol. The monoisotopic (exact) mass is 250 g/mol. The van der Waals surface area contributed by atoms with Crippen molar-refractivity contribution in [1.29, 1.82) is 0 Å². The first-order valence-electron chi connectivity index (χ1n) is 4.92. The van der Waals surface area contributed by atoms with E-state index in [4.69, 9.17) is 10.5 Å². The summed E-state index contributed by atoms with van der Waals surface area (Å²) in [6, 6.07) is 0. The van der Waals surface area contributed by atoms with Gasteiger partial charge in [-0.3, -0.25) is 4.98 Å². The Kier molecular flexibility index (Phi) is 3.29. The molecule has 2 aromatic heterocycles. The Bertz CT molecular complexity index is 541. The predicted octanol–water partition coefficient (Wildman–Crippen LogP) is 1.36. The summed E-state index contributed by atoms with van der Waals surface area (Å²) >= 11 is 1.25. The lowest BCUT2D eigenvalue weighted by atomic mass is 10.3. The quantitative estimate of drug-likeness (QED) is 0.827. The number of nitrogens with two attached hydrogens (primary N) is 1. The fourth-order valence-corrected chi connectivity index (χ4v) is 1.95. The van der Waals surface area contributed by atoms with Gasteiger partial charge in [0.25, 0.3) is 0 Å². The van der Waals surface area contributed by atoms with Crippen LogP contribution in [0.4, 0.5) is 5.13 Å². The number of nitrogen functional groups attached to an aromatic ring is 1. The van der Waals surface area contributed by atoms with E-state index in [1.165, 1.54) is 23.7 Å². The van der Waals surface area contributed by atoms with Crippen LogP contribution in [0.2, 0.25) is 0 Å². The van der Waals surface area contributed by atoms with Crippen molar-refractivity contribution in [2.24, 2.45) is 0 Å². The molecule has 0 radical (unpaired) electrons. The summed E-state index contributed by atoms with van der Waals surface area (Å²) in [5.74, 6) is -0.498. The summed E-state index contributed by atoms with van der Waals surface area (Å²) in [4.78, 5) is 24.4. The van der Waals surface area contributed by atoms with Crippen LogP contribution in [-0.2, 0) is 4.74 Å². The number of thiazole rings is 1. The third-order valence-electron chi connectivity index (χ3n) is 1.92. The smallest absolute Gasteiger partial charge is 0.359 e. The molecular weight excluding hydrogens is 240 g/mol. The number of esters is 1. The first kappa shape index (κ1) is 11.5. The highest BCUT2D eigenvalue weighted by molar-refractivity contribution is 7.18. The van der Waals surface area contributed by atoms with Gasteiger partial charge in [0.05, 0.1) is 11.5 Å². The number of rotatable bonds is 3. The summed E-state index contributed by atoms with van der Waals surface area (Å²) in [5.41, 5.74) is 6.17. The summed E-state index contributed by atoms with van der Waals surface area (Å²) in [7, 11) is 0. The normalized spacial score (nSPS) is 10.2. The number of hydrogen-bond donors (Lipinski definition) is 1. The number of ether oxygens (including phenoxy) is 1. The zero-order valence-electron chi connectivity index (χ0n) is 9.08. The lowest BCUT2D eigenvalue weighted by Crippen LogP contribution is -2.09. The molecule has 17 heavy (non-hydrogen) atoms. The molecule has 88 valence electrons. The van der Waals surface area contributed by atoms with Gasteiger partial charge in [0, 0.05) is 18.6 Å². The van der Waals surface area contributed by atoms with Crippen LogP contribution in [0.3, 0.4) is 0 Å². The maximum atomic E-state index is 11.7. The Balaban J connectivity index is 2.44. The van der Waals surface area contributed by atoms with Crippen molar-refractivity contribution in [3.63, 3.8) is 0 Å². The van der Waals surface area contributed by atoms with Crippen LogP contribution < -0.4 is 5.73 Å². The molecule has 0 amide bonds.